The largest absolute Gasteiger partial charge is 0.368 e. The average Bonchev–Trinajstić information content (AvgIpc) is 2.85. The zero-order valence-electron chi connectivity index (χ0n) is 11.2. The number of aldehydes is 1. The molecule has 4 nitrogen and oxygen atoms in total. The maximum atomic E-state index is 11.1. The quantitative estimate of drug-likeness (QED) is 0.667. The third kappa shape index (κ3) is 3.20. The fourth-order valence-corrected chi connectivity index (χ4v) is 3.67. The minimum Gasteiger partial charge on any atom is -0.368 e. The summed E-state index contributed by atoms with van der Waals surface area (Å²) in [6, 6.07) is 0. The molecule has 0 unspecified atom stereocenters. The van der Waals surface area contributed by atoms with Gasteiger partial charge in [0.1, 0.15) is 16.8 Å². The molecular formula is C13H18ClN3OS. The van der Waals surface area contributed by atoms with Crippen molar-refractivity contribution >= 4 is 35.5 Å². The molecule has 0 spiro atoms. The Bertz CT molecular complexity index is 475. The molecule has 0 aliphatic heterocycles. The number of carbonyl (C=O) groups excluding carboxylic acids is 1. The first-order chi connectivity index (χ1) is 9.10. The van der Waals surface area contributed by atoms with Gasteiger partial charge in [0.2, 0.25) is 0 Å². The van der Waals surface area contributed by atoms with Gasteiger partial charge in [-0.15, -0.1) is 0 Å². The third-order valence-corrected chi connectivity index (χ3v) is 5.36. The minimum absolute atomic E-state index is 0.217. The van der Waals surface area contributed by atoms with Crippen molar-refractivity contribution in [2.24, 2.45) is 0 Å². The number of nitrogens with one attached hydrogen (secondary N) is 1. The highest BCUT2D eigenvalue weighted by Crippen LogP contribution is 2.40. The molecule has 0 atom stereocenters. The van der Waals surface area contributed by atoms with Crippen molar-refractivity contribution < 1.29 is 4.79 Å². The maximum absolute atomic E-state index is 11.1. The lowest BCUT2D eigenvalue weighted by Gasteiger charge is -2.27. The first-order valence-corrected chi connectivity index (χ1v) is 7.99. The van der Waals surface area contributed by atoms with Crippen molar-refractivity contribution in [1.82, 2.24) is 9.97 Å². The number of aryl methyl sites for hydroxylation is 1. The van der Waals surface area contributed by atoms with Gasteiger partial charge < -0.3 is 5.32 Å². The highest BCUT2D eigenvalue weighted by Gasteiger charge is 2.33. The van der Waals surface area contributed by atoms with Crippen molar-refractivity contribution in [1.29, 1.82) is 0 Å². The van der Waals surface area contributed by atoms with Crippen LogP contribution in [0.15, 0.2) is 0 Å². The second kappa shape index (κ2) is 6.09. The van der Waals surface area contributed by atoms with Crippen LogP contribution in [0.3, 0.4) is 0 Å². The zero-order chi connectivity index (χ0) is 13.9. The van der Waals surface area contributed by atoms with Crippen LogP contribution >= 0.6 is 23.4 Å². The fourth-order valence-electron chi connectivity index (χ4n) is 2.50. The van der Waals surface area contributed by atoms with E-state index in [9.17, 15) is 4.79 Å². The summed E-state index contributed by atoms with van der Waals surface area (Å²) in [5.41, 5.74) is 0.349. The fraction of sp³-hybridized carbons (Fsp3) is 0.615. The monoisotopic (exact) mass is 299 g/mol. The van der Waals surface area contributed by atoms with Gasteiger partial charge in [0.15, 0.2) is 6.29 Å². The molecule has 6 heteroatoms. The van der Waals surface area contributed by atoms with E-state index in [1.807, 2.05) is 11.8 Å². The lowest BCUT2D eigenvalue weighted by Crippen LogP contribution is -2.30. The van der Waals surface area contributed by atoms with Crippen LogP contribution in [0.1, 0.15) is 41.9 Å². The van der Waals surface area contributed by atoms with Crippen molar-refractivity contribution in [3.8, 4) is 0 Å². The van der Waals surface area contributed by atoms with Crippen LogP contribution in [0, 0.1) is 6.92 Å². The second-order valence-electron chi connectivity index (χ2n) is 4.89. The van der Waals surface area contributed by atoms with Crippen molar-refractivity contribution in [3.63, 3.8) is 0 Å². The Balaban J connectivity index is 2.17. The van der Waals surface area contributed by atoms with Gasteiger partial charge in [-0.2, -0.15) is 11.8 Å². The topological polar surface area (TPSA) is 54.9 Å². The van der Waals surface area contributed by atoms with Crippen LogP contribution in [-0.4, -0.2) is 33.8 Å². The van der Waals surface area contributed by atoms with Crippen molar-refractivity contribution in [3.05, 3.63) is 16.5 Å². The number of hydrogen-bond acceptors (Lipinski definition) is 5. The maximum Gasteiger partial charge on any atom is 0.156 e. The number of thioether (sulfide) groups is 1. The molecule has 1 saturated carbocycles. The summed E-state index contributed by atoms with van der Waals surface area (Å²) in [7, 11) is 0. The summed E-state index contributed by atoms with van der Waals surface area (Å²) >= 11 is 7.86. The molecule has 2 rings (SSSR count). The molecule has 1 aliphatic carbocycles. The lowest BCUT2D eigenvalue weighted by molar-refractivity contribution is 0.112. The van der Waals surface area contributed by atoms with E-state index in [1.165, 1.54) is 25.7 Å². The Kier molecular flexibility index (Phi) is 4.68. The Morgan fingerprint density at radius 1 is 1.42 bits per heavy atom. The van der Waals surface area contributed by atoms with Gasteiger partial charge in [-0.1, -0.05) is 24.4 Å². The van der Waals surface area contributed by atoms with E-state index in [-0.39, 0.29) is 9.90 Å². The summed E-state index contributed by atoms with van der Waals surface area (Å²) in [5.74, 6) is 1.12. The lowest BCUT2D eigenvalue weighted by atomic mass is 10.1. The van der Waals surface area contributed by atoms with E-state index < -0.39 is 0 Å². The average molecular weight is 300 g/mol. The van der Waals surface area contributed by atoms with Crippen LogP contribution in [0.4, 0.5) is 5.82 Å². The van der Waals surface area contributed by atoms with Crippen molar-refractivity contribution in [2.45, 2.75) is 37.4 Å². The first-order valence-electron chi connectivity index (χ1n) is 6.38. The molecule has 0 radical (unpaired) electrons. The Morgan fingerprint density at radius 3 is 2.68 bits per heavy atom. The van der Waals surface area contributed by atoms with E-state index in [1.54, 1.807) is 6.92 Å². The second-order valence-corrected chi connectivity index (χ2v) is 6.52. The summed E-state index contributed by atoms with van der Waals surface area (Å²) in [6.45, 7) is 2.58. The van der Waals surface area contributed by atoms with Gasteiger partial charge in [-0.25, -0.2) is 9.97 Å². The van der Waals surface area contributed by atoms with E-state index in [2.05, 4.69) is 21.5 Å². The molecule has 1 aliphatic rings. The van der Waals surface area contributed by atoms with Gasteiger partial charge in [0, 0.05) is 11.3 Å². The summed E-state index contributed by atoms with van der Waals surface area (Å²) in [6.07, 6.45) is 7.81. The van der Waals surface area contributed by atoms with Crippen LogP contribution in [0.25, 0.3) is 0 Å². The Labute approximate surface area is 122 Å². The molecule has 19 heavy (non-hydrogen) atoms. The van der Waals surface area contributed by atoms with E-state index in [0.717, 1.165) is 6.54 Å². The third-order valence-electron chi connectivity index (χ3n) is 3.65. The van der Waals surface area contributed by atoms with Crippen LogP contribution in [0.5, 0.6) is 0 Å². The SMILES string of the molecule is CSC1(CNc2nc(C)nc(Cl)c2C=O)CCCC1. The van der Waals surface area contributed by atoms with E-state index >= 15 is 0 Å². The number of rotatable bonds is 5. The molecule has 1 N–H and O–H groups in total. The number of aromatic nitrogens is 2. The van der Waals surface area contributed by atoms with Crippen LogP contribution < -0.4 is 5.32 Å². The van der Waals surface area contributed by atoms with Gasteiger partial charge in [0.05, 0.1) is 5.56 Å². The first kappa shape index (κ1) is 14.6. The van der Waals surface area contributed by atoms with Gasteiger partial charge >= 0.3 is 0 Å². The number of hydrogen-bond donors (Lipinski definition) is 1. The van der Waals surface area contributed by atoms with Crippen molar-refractivity contribution in [2.75, 3.05) is 18.1 Å². The molecule has 0 saturated heterocycles. The molecule has 0 amide bonds. The van der Waals surface area contributed by atoms with Gasteiger partial charge in [0.25, 0.3) is 0 Å². The zero-order valence-corrected chi connectivity index (χ0v) is 12.8. The highest BCUT2D eigenvalue weighted by molar-refractivity contribution is 8.00. The molecule has 1 heterocycles. The van der Waals surface area contributed by atoms with Crippen LogP contribution in [-0.2, 0) is 0 Å². The van der Waals surface area contributed by atoms with Gasteiger partial charge in [-0.05, 0) is 26.0 Å². The normalized spacial score (nSPS) is 17.4. The summed E-state index contributed by atoms with van der Waals surface area (Å²) in [4.78, 5) is 19.4. The number of anilines is 1. The number of nitrogens with zero attached hydrogens (tertiary/aromatic N) is 2. The Morgan fingerprint density at radius 2 is 2.11 bits per heavy atom. The minimum atomic E-state index is 0.217. The smallest absolute Gasteiger partial charge is 0.156 e. The standard InChI is InChI=1S/C13H18ClN3OS/c1-9-16-11(14)10(7-18)12(17-9)15-8-13(19-2)5-3-4-6-13/h7H,3-6,8H2,1-2H3,(H,15,16,17). The molecule has 1 aromatic rings. The predicted molar refractivity (Wildman–Crippen MR) is 80.4 cm³/mol. The van der Waals surface area contributed by atoms with E-state index in [0.29, 0.717) is 23.5 Å². The molecule has 1 aromatic heterocycles. The molecular weight excluding hydrogens is 282 g/mol. The number of halogens is 1. The summed E-state index contributed by atoms with van der Waals surface area (Å²) in [5, 5.41) is 3.51. The molecule has 104 valence electrons. The molecule has 0 bridgehead atoms. The predicted octanol–water partition coefficient (Wildman–Crippen LogP) is 3.34. The molecule has 0 aromatic carbocycles. The van der Waals surface area contributed by atoms with Crippen LogP contribution in [0.2, 0.25) is 5.15 Å². The Hall–Kier alpha value is -0.810. The van der Waals surface area contributed by atoms with E-state index in [4.69, 9.17) is 11.6 Å². The molecule has 1 fully saturated rings. The number of carbonyl (C=O) groups is 1. The van der Waals surface area contributed by atoms with Gasteiger partial charge in [-0.3, -0.25) is 4.79 Å². The summed E-state index contributed by atoms with van der Waals surface area (Å²) < 4.78 is 0.255. The highest BCUT2D eigenvalue weighted by atomic mass is 35.5.